The van der Waals surface area contributed by atoms with E-state index in [1.54, 1.807) is 4.90 Å². The van der Waals surface area contributed by atoms with Crippen LogP contribution in [0.4, 0.5) is 0 Å². The van der Waals surface area contributed by atoms with Crippen LogP contribution in [0.5, 0.6) is 0 Å². The van der Waals surface area contributed by atoms with Crippen molar-refractivity contribution >= 4 is 11.8 Å². The molecule has 1 heterocycles. The Kier molecular flexibility index (Phi) is 2.95. The zero-order valence-electron chi connectivity index (χ0n) is 12.0. The molecular weight excluding hydrogens is 228 g/mol. The van der Waals surface area contributed by atoms with Crippen LogP contribution in [0, 0.1) is 10.8 Å². The van der Waals surface area contributed by atoms with E-state index in [4.69, 9.17) is 0 Å². The van der Waals surface area contributed by atoms with Gasteiger partial charge in [0.2, 0.25) is 11.8 Å². The van der Waals surface area contributed by atoms with Crippen molar-refractivity contribution in [2.45, 2.75) is 59.5 Å². The lowest BCUT2D eigenvalue weighted by Gasteiger charge is -2.43. The standard InChI is InChI=1S/C14H24N2O2/c1-9-11(17)15-10(13(2,3)4)12(18)16(9)8-14(5)6-7-14/h9-10H,6-8H2,1-5H3,(H,15,17). The fraction of sp³-hybridized carbons (Fsp3) is 0.857. The minimum atomic E-state index is -0.399. The lowest BCUT2D eigenvalue weighted by atomic mass is 9.83. The second-order valence-corrected chi connectivity index (χ2v) is 7.26. The molecular formula is C14H24N2O2. The van der Waals surface area contributed by atoms with Crippen LogP contribution < -0.4 is 5.32 Å². The van der Waals surface area contributed by atoms with Gasteiger partial charge in [-0.05, 0) is 30.6 Å². The van der Waals surface area contributed by atoms with Gasteiger partial charge in [0.15, 0.2) is 0 Å². The number of hydrogen-bond acceptors (Lipinski definition) is 2. The van der Waals surface area contributed by atoms with Crippen molar-refractivity contribution in [3.05, 3.63) is 0 Å². The summed E-state index contributed by atoms with van der Waals surface area (Å²) in [7, 11) is 0. The molecule has 4 nitrogen and oxygen atoms in total. The van der Waals surface area contributed by atoms with E-state index in [0.29, 0.717) is 6.54 Å². The van der Waals surface area contributed by atoms with Crippen LogP contribution in [-0.2, 0) is 9.59 Å². The molecule has 1 saturated heterocycles. The summed E-state index contributed by atoms with van der Waals surface area (Å²) in [5.41, 5.74) is -0.000433. The van der Waals surface area contributed by atoms with Crippen molar-refractivity contribution in [1.82, 2.24) is 10.2 Å². The molecule has 1 N–H and O–H groups in total. The third kappa shape index (κ3) is 2.38. The minimum Gasteiger partial charge on any atom is -0.342 e. The van der Waals surface area contributed by atoms with E-state index >= 15 is 0 Å². The molecule has 0 aromatic heterocycles. The maximum absolute atomic E-state index is 12.5. The molecule has 1 aliphatic carbocycles. The molecule has 0 aromatic rings. The molecule has 2 aliphatic rings. The summed E-state index contributed by atoms with van der Waals surface area (Å²) in [6.45, 7) is 10.7. The zero-order chi connectivity index (χ0) is 13.7. The van der Waals surface area contributed by atoms with Gasteiger partial charge in [0.05, 0.1) is 0 Å². The van der Waals surface area contributed by atoms with Crippen LogP contribution in [0.2, 0.25) is 0 Å². The molecule has 2 rings (SSSR count). The average molecular weight is 252 g/mol. The third-order valence-electron chi connectivity index (χ3n) is 4.19. The second-order valence-electron chi connectivity index (χ2n) is 7.26. The van der Waals surface area contributed by atoms with E-state index in [0.717, 1.165) is 12.8 Å². The number of carbonyl (C=O) groups is 2. The van der Waals surface area contributed by atoms with Crippen molar-refractivity contribution in [1.29, 1.82) is 0 Å². The first kappa shape index (κ1) is 13.4. The molecule has 0 aromatic carbocycles. The highest BCUT2D eigenvalue weighted by Crippen LogP contribution is 2.46. The molecule has 2 amide bonds. The van der Waals surface area contributed by atoms with Crippen LogP contribution in [0.3, 0.4) is 0 Å². The van der Waals surface area contributed by atoms with Gasteiger partial charge >= 0.3 is 0 Å². The highest BCUT2D eigenvalue weighted by atomic mass is 16.2. The van der Waals surface area contributed by atoms with Crippen molar-refractivity contribution in [3.63, 3.8) is 0 Å². The molecule has 1 saturated carbocycles. The maximum Gasteiger partial charge on any atom is 0.246 e. The van der Waals surface area contributed by atoms with E-state index in [9.17, 15) is 9.59 Å². The van der Waals surface area contributed by atoms with E-state index in [-0.39, 0.29) is 28.7 Å². The summed E-state index contributed by atoms with van der Waals surface area (Å²) >= 11 is 0. The van der Waals surface area contributed by atoms with Gasteiger partial charge in [-0.25, -0.2) is 0 Å². The highest BCUT2D eigenvalue weighted by Gasteiger charge is 2.48. The Balaban J connectivity index is 2.20. The molecule has 0 spiro atoms. The van der Waals surface area contributed by atoms with Crippen molar-refractivity contribution in [2.24, 2.45) is 10.8 Å². The first-order chi connectivity index (χ1) is 8.14. The number of nitrogens with zero attached hydrogens (tertiary/aromatic N) is 1. The number of carbonyl (C=O) groups excluding carboxylic acids is 2. The quantitative estimate of drug-likeness (QED) is 0.810. The number of hydrogen-bond donors (Lipinski definition) is 1. The Bertz CT molecular complexity index is 380. The second kappa shape index (κ2) is 3.97. The van der Waals surface area contributed by atoms with Gasteiger partial charge in [0.25, 0.3) is 0 Å². The third-order valence-corrected chi connectivity index (χ3v) is 4.19. The first-order valence-corrected chi connectivity index (χ1v) is 6.75. The first-order valence-electron chi connectivity index (χ1n) is 6.75. The summed E-state index contributed by atoms with van der Waals surface area (Å²) in [4.78, 5) is 26.3. The number of amides is 2. The molecule has 1 aliphatic heterocycles. The fourth-order valence-electron chi connectivity index (χ4n) is 2.41. The van der Waals surface area contributed by atoms with Gasteiger partial charge in [0.1, 0.15) is 12.1 Å². The SMILES string of the molecule is CC1C(=O)NC(C(C)(C)C)C(=O)N1CC1(C)CC1. The Hall–Kier alpha value is -1.06. The number of piperazine rings is 1. The largest absolute Gasteiger partial charge is 0.342 e. The van der Waals surface area contributed by atoms with Crippen molar-refractivity contribution in [2.75, 3.05) is 6.54 Å². The van der Waals surface area contributed by atoms with Crippen molar-refractivity contribution < 1.29 is 9.59 Å². The smallest absolute Gasteiger partial charge is 0.246 e. The molecule has 2 fully saturated rings. The van der Waals surface area contributed by atoms with Gasteiger partial charge in [0, 0.05) is 6.54 Å². The minimum absolute atomic E-state index is 0.0289. The summed E-state index contributed by atoms with van der Waals surface area (Å²) in [5, 5.41) is 2.86. The highest BCUT2D eigenvalue weighted by molar-refractivity contribution is 5.97. The molecule has 0 bridgehead atoms. The normalized spacial score (nSPS) is 31.3. The van der Waals surface area contributed by atoms with Crippen LogP contribution in [0.15, 0.2) is 0 Å². The van der Waals surface area contributed by atoms with Crippen LogP contribution in [0.1, 0.15) is 47.5 Å². The van der Waals surface area contributed by atoms with E-state index in [2.05, 4.69) is 12.2 Å². The summed E-state index contributed by atoms with van der Waals surface area (Å²) in [5.74, 6) is 0.0431. The Labute approximate surface area is 109 Å². The monoisotopic (exact) mass is 252 g/mol. The molecule has 4 heteroatoms. The van der Waals surface area contributed by atoms with Gasteiger partial charge in [-0.3, -0.25) is 9.59 Å². The number of rotatable bonds is 2. The lowest BCUT2D eigenvalue weighted by molar-refractivity contribution is -0.152. The molecule has 18 heavy (non-hydrogen) atoms. The summed E-state index contributed by atoms with van der Waals surface area (Å²) < 4.78 is 0. The summed E-state index contributed by atoms with van der Waals surface area (Å²) in [6, 6.07) is -0.739. The Morgan fingerprint density at radius 1 is 1.33 bits per heavy atom. The predicted octanol–water partition coefficient (Wildman–Crippen LogP) is 1.55. The van der Waals surface area contributed by atoms with Gasteiger partial charge in [-0.2, -0.15) is 0 Å². The Morgan fingerprint density at radius 3 is 2.33 bits per heavy atom. The topological polar surface area (TPSA) is 49.4 Å². The fourth-order valence-corrected chi connectivity index (χ4v) is 2.41. The van der Waals surface area contributed by atoms with Crippen LogP contribution in [0.25, 0.3) is 0 Å². The predicted molar refractivity (Wildman–Crippen MR) is 69.9 cm³/mol. The molecule has 0 radical (unpaired) electrons. The van der Waals surface area contributed by atoms with Crippen LogP contribution >= 0.6 is 0 Å². The lowest BCUT2D eigenvalue weighted by Crippen LogP contribution is -2.66. The molecule has 102 valence electrons. The Morgan fingerprint density at radius 2 is 1.89 bits per heavy atom. The molecule has 2 atom stereocenters. The van der Waals surface area contributed by atoms with E-state index in [1.807, 2.05) is 27.7 Å². The molecule has 2 unspecified atom stereocenters. The van der Waals surface area contributed by atoms with E-state index < -0.39 is 6.04 Å². The number of nitrogens with one attached hydrogen (secondary N) is 1. The zero-order valence-corrected chi connectivity index (χ0v) is 12.0. The van der Waals surface area contributed by atoms with E-state index in [1.165, 1.54) is 0 Å². The van der Waals surface area contributed by atoms with Crippen LogP contribution in [-0.4, -0.2) is 35.3 Å². The maximum atomic E-state index is 12.5. The van der Waals surface area contributed by atoms with Gasteiger partial charge in [-0.1, -0.05) is 27.7 Å². The van der Waals surface area contributed by atoms with Crippen molar-refractivity contribution in [3.8, 4) is 0 Å². The summed E-state index contributed by atoms with van der Waals surface area (Å²) in [6.07, 6.45) is 2.32. The van der Waals surface area contributed by atoms with Gasteiger partial charge in [-0.15, -0.1) is 0 Å². The van der Waals surface area contributed by atoms with Gasteiger partial charge < -0.3 is 10.2 Å². The average Bonchev–Trinajstić information content (AvgIpc) is 2.95.